The number of carbonyl (C=O) groups is 1. The zero-order valence-electron chi connectivity index (χ0n) is 19.2. The topological polar surface area (TPSA) is 76.6 Å². The zero-order chi connectivity index (χ0) is 23.5. The van der Waals surface area contributed by atoms with Crippen LogP contribution in [-0.2, 0) is 11.2 Å². The molecule has 34 heavy (non-hydrogen) atoms. The second-order valence-electron chi connectivity index (χ2n) is 8.34. The van der Waals surface area contributed by atoms with E-state index < -0.39 is 0 Å². The molecule has 0 radical (unpaired) electrons. The maximum absolute atomic E-state index is 12.5. The molecule has 3 heterocycles. The van der Waals surface area contributed by atoms with Gasteiger partial charge in [-0.1, -0.05) is 67.1 Å². The van der Waals surface area contributed by atoms with Gasteiger partial charge < -0.3 is 5.32 Å². The Morgan fingerprint density at radius 1 is 1.03 bits per heavy atom. The Kier molecular flexibility index (Phi) is 6.31. The number of rotatable bonds is 8. The van der Waals surface area contributed by atoms with Crippen molar-refractivity contribution in [3.63, 3.8) is 0 Å². The van der Waals surface area contributed by atoms with E-state index in [0.717, 1.165) is 28.9 Å². The van der Waals surface area contributed by atoms with Gasteiger partial charge in [0, 0.05) is 23.6 Å². The number of unbranched alkanes of at least 4 members (excludes halogenated alkanes) is 1. The van der Waals surface area contributed by atoms with Gasteiger partial charge in [-0.25, -0.2) is 4.52 Å². The minimum atomic E-state index is -0.0739. The van der Waals surface area contributed by atoms with Crippen LogP contribution in [0.4, 0.5) is 5.69 Å². The molecular formula is C26H26N6OS. The number of amides is 1. The number of nitrogens with one attached hydrogen (secondary N) is 1. The molecule has 3 aromatic heterocycles. The number of thioether (sulfide) groups is 1. The van der Waals surface area contributed by atoms with Crippen LogP contribution in [0.2, 0.25) is 0 Å². The molecule has 8 heteroatoms. The highest BCUT2D eigenvalue weighted by Gasteiger charge is 2.14. The molecule has 1 amide bonds. The quantitative estimate of drug-likeness (QED) is 0.306. The van der Waals surface area contributed by atoms with E-state index in [2.05, 4.69) is 70.9 Å². The normalized spacial score (nSPS) is 11.4. The van der Waals surface area contributed by atoms with Crippen molar-refractivity contribution in [2.45, 2.75) is 38.3 Å². The first-order valence-corrected chi connectivity index (χ1v) is 12.4. The molecule has 5 rings (SSSR count). The van der Waals surface area contributed by atoms with Crippen LogP contribution >= 0.6 is 11.8 Å². The number of benzene rings is 2. The first-order valence-electron chi connectivity index (χ1n) is 11.4. The van der Waals surface area contributed by atoms with Crippen molar-refractivity contribution < 1.29 is 4.79 Å². The Hall–Kier alpha value is -3.65. The van der Waals surface area contributed by atoms with E-state index in [4.69, 9.17) is 0 Å². The lowest BCUT2D eigenvalue weighted by molar-refractivity contribution is -0.113. The number of anilines is 1. The number of aryl methyl sites for hydroxylation is 2. The average Bonchev–Trinajstić information content (AvgIpc) is 3.47. The van der Waals surface area contributed by atoms with Gasteiger partial charge in [0.15, 0.2) is 10.8 Å². The van der Waals surface area contributed by atoms with E-state index in [1.165, 1.54) is 35.7 Å². The molecule has 5 aromatic rings. The number of nitrogens with zero attached hydrogens (tertiary/aromatic N) is 5. The van der Waals surface area contributed by atoms with Gasteiger partial charge in [-0.05, 0) is 43.5 Å². The number of fused-ring (bicyclic) bond motifs is 3. The third-order valence-corrected chi connectivity index (χ3v) is 6.67. The Bertz CT molecular complexity index is 1440. The van der Waals surface area contributed by atoms with Gasteiger partial charge in [0.1, 0.15) is 5.52 Å². The monoisotopic (exact) mass is 470 g/mol. The molecule has 0 fully saturated rings. The second-order valence-corrected chi connectivity index (χ2v) is 9.28. The van der Waals surface area contributed by atoms with Crippen LogP contribution in [0, 0.1) is 6.92 Å². The lowest BCUT2D eigenvalue weighted by Crippen LogP contribution is -2.14. The lowest BCUT2D eigenvalue weighted by atomic mass is 10.1. The summed E-state index contributed by atoms with van der Waals surface area (Å²) in [5.74, 6) is 0.174. The molecule has 0 aliphatic rings. The van der Waals surface area contributed by atoms with Crippen molar-refractivity contribution in [2.75, 3.05) is 11.1 Å². The molecule has 7 nitrogen and oxygen atoms in total. The minimum absolute atomic E-state index is 0.0739. The van der Waals surface area contributed by atoms with Crippen molar-refractivity contribution in [1.82, 2.24) is 24.2 Å². The predicted molar refractivity (Wildman–Crippen MR) is 136 cm³/mol. The van der Waals surface area contributed by atoms with Gasteiger partial charge >= 0.3 is 0 Å². The van der Waals surface area contributed by atoms with Gasteiger partial charge in [-0.15, -0.1) is 10.2 Å². The fourth-order valence-corrected chi connectivity index (χ4v) is 4.53. The first kappa shape index (κ1) is 22.2. The van der Waals surface area contributed by atoms with E-state index in [1.54, 1.807) is 0 Å². The highest BCUT2D eigenvalue weighted by atomic mass is 32.2. The van der Waals surface area contributed by atoms with Gasteiger partial charge in [0.25, 0.3) is 0 Å². The number of hydrogen-bond donors (Lipinski definition) is 1. The first-order chi connectivity index (χ1) is 16.6. The third-order valence-electron chi connectivity index (χ3n) is 5.72. The maximum Gasteiger partial charge on any atom is 0.234 e. The summed E-state index contributed by atoms with van der Waals surface area (Å²) in [7, 11) is 0. The van der Waals surface area contributed by atoms with E-state index in [-0.39, 0.29) is 11.7 Å². The van der Waals surface area contributed by atoms with Crippen molar-refractivity contribution >= 4 is 34.5 Å². The summed E-state index contributed by atoms with van der Waals surface area (Å²) < 4.78 is 3.71. The predicted octanol–water partition coefficient (Wildman–Crippen LogP) is 5.43. The van der Waals surface area contributed by atoms with Crippen molar-refractivity contribution in [1.29, 1.82) is 0 Å². The van der Waals surface area contributed by atoms with Crippen molar-refractivity contribution in [3.8, 4) is 11.3 Å². The third kappa shape index (κ3) is 4.68. The average molecular weight is 471 g/mol. The fourth-order valence-electron chi connectivity index (χ4n) is 3.82. The van der Waals surface area contributed by atoms with E-state index in [1.807, 2.05) is 39.5 Å². The molecule has 0 spiro atoms. The molecule has 0 aliphatic heterocycles. The summed E-state index contributed by atoms with van der Waals surface area (Å²) in [6.45, 7) is 4.25. The van der Waals surface area contributed by atoms with Gasteiger partial charge in [0.05, 0.1) is 11.4 Å². The SMILES string of the molecule is CCCCc1ccc(NC(=O)CSc2nnc3c4cc(-c5ccc(C)cc5)nn4ccn23)cc1. The summed E-state index contributed by atoms with van der Waals surface area (Å²) in [6, 6.07) is 18.4. The van der Waals surface area contributed by atoms with Crippen LogP contribution < -0.4 is 5.32 Å². The number of hydrogen-bond acceptors (Lipinski definition) is 5. The molecule has 0 atom stereocenters. The molecule has 2 aromatic carbocycles. The van der Waals surface area contributed by atoms with E-state index >= 15 is 0 Å². The van der Waals surface area contributed by atoms with Crippen LogP contribution in [0.3, 0.4) is 0 Å². The molecule has 0 bridgehead atoms. The highest BCUT2D eigenvalue weighted by Crippen LogP contribution is 2.24. The van der Waals surface area contributed by atoms with Crippen LogP contribution in [0.25, 0.3) is 22.4 Å². The van der Waals surface area contributed by atoms with Crippen LogP contribution in [0.15, 0.2) is 72.1 Å². The maximum atomic E-state index is 12.5. The van der Waals surface area contributed by atoms with E-state index in [0.29, 0.717) is 10.8 Å². The molecule has 0 unspecified atom stereocenters. The van der Waals surface area contributed by atoms with Crippen LogP contribution in [0.5, 0.6) is 0 Å². The Morgan fingerprint density at radius 2 is 1.82 bits per heavy atom. The highest BCUT2D eigenvalue weighted by molar-refractivity contribution is 7.99. The second kappa shape index (κ2) is 9.69. The van der Waals surface area contributed by atoms with Crippen LogP contribution in [0.1, 0.15) is 30.9 Å². The largest absolute Gasteiger partial charge is 0.325 e. The summed E-state index contributed by atoms with van der Waals surface area (Å²) in [6.07, 6.45) is 7.18. The number of carbonyl (C=O) groups excluding carboxylic acids is 1. The minimum Gasteiger partial charge on any atom is -0.325 e. The van der Waals surface area contributed by atoms with Crippen LogP contribution in [-0.4, -0.2) is 35.9 Å². The summed E-state index contributed by atoms with van der Waals surface area (Å²) in [5.41, 5.74) is 6.82. The number of aromatic nitrogens is 5. The molecule has 172 valence electrons. The van der Waals surface area contributed by atoms with Gasteiger partial charge in [0.2, 0.25) is 5.91 Å². The van der Waals surface area contributed by atoms with E-state index in [9.17, 15) is 4.79 Å². The Labute approximate surface area is 202 Å². The molecule has 0 saturated heterocycles. The standard InChI is InChI=1S/C26H26N6OS/c1-3-4-5-19-8-12-21(13-9-19)27-24(33)17-34-26-29-28-25-23-16-22(20-10-6-18(2)7-11-20)30-32(23)15-14-31(25)26/h6-16H,3-5,17H2,1-2H3,(H,27,33). The molecule has 1 N–H and O–H groups in total. The Balaban J connectivity index is 1.28. The zero-order valence-corrected chi connectivity index (χ0v) is 20.0. The molecule has 0 saturated carbocycles. The van der Waals surface area contributed by atoms with Gasteiger partial charge in [-0.3, -0.25) is 9.20 Å². The summed E-state index contributed by atoms with van der Waals surface area (Å²) in [4.78, 5) is 12.5. The van der Waals surface area contributed by atoms with Crippen molar-refractivity contribution in [3.05, 3.63) is 78.1 Å². The smallest absolute Gasteiger partial charge is 0.234 e. The summed E-state index contributed by atoms with van der Waals surface area (Å²) in [5, 5.41) is 17.0. The molecule has 0 aliphatic carbocycles. The molecular weight excluding hydrogens is 444 g/mol. The lowest BCUT2D eigenvalue weighted by Gasteiger charge is -2.06. The Morgan fingerprint density at radius 3 is 2.59 bits per heavy atom. The van der Waals surface area contributed by atoms with Crippen molar-refractivity contribution in [2.24, 2.45) is 0 Å². The van der Waals surface area contributed by atoms with Gasteiger partial charge in [-0.2, -0.15) is 5.10 Å². The fraction of sp³-hybridized carbons (Fsp3) is 0.231. The summed E-state index contributed by atoms with van der Waals surface area (Å²) >= 11 is 1.36.